The van der Waals surface area contributed by atoms with Gasteiger partial charge >= 0.3 is 0 Å². The van der Waals surface area contributed by atoms with Crippen LogP contribution in [0.5, 0.6) is 0 Å². The summed E-state index contributed by atoms with van der Waals surface area (Å²) in [4.78, 5) is 15.9. The third-order valence-corrected chi connectivity index (χ3v) is 3.12. The molecule has 100 valence electrons. The van der Waals surface area contributed by atoms with E-state index in [-0.39, 0.29) is 17.3 Å². The van der Waals surface area contributed by atoms with Crippen molar-refractivity contribution in [2.24, 2.45) is 0 Å². The van der Waals surface area contributed by atoms with Crippen LogP contribution < -0.4 is 5.32 Å². The van der Waals surface area contributed by atoms with Gasteiger partial charge in [0.15, 0.2) is 0 Å². The topological polar surface area (TPSA) is 65.8 Å². The molecule has 0 unspecified atom stereocenters. The summed E-state index contributed by atoms with van der Waals surface area (Å²) in [7, 11) is 0. The molecule has 1 aromatic carbocycles. The molecular weight excluding hydrogens is 250 g/mol. The Kier molecular flexibility index (Phi) is 4.11. The molecule has 0 bridgehead atoms. The molecule has 0 atom stereocenters. The third-order valence-electron chi connectivity index (χ3n) is 3.12. The van der Waals surface area contributed by atoms with Crippen LogP contribution in [0.25, 0.3) is 0 Å². The highest BCUT2D eigenvalue weighted by molar-refractivity contribution is 5.92. The number of rotatable bonds is 3. The van der Waals surface area contributed by atoms with Gasteiger partial charge in [-0.3, -0.25) is 4.79 Å². The van der Waals surface area contributed by atoms with Crippen molar-refractivity contribution in [1.29, 1.82) is 5.26 Å². The predicted octanol–water partition coefficient (Wildman–Crippen LogP) is 2.50. The number of pyridine rings is 1. The molecule has 4 heteroatoms. The Balaban J connectivity index is 2.04. The van der Waals surface area contributed by atoms with Gasteiger partial charge in [-0.1, -0.05) is 24.3 Å². The molecule has 0 aliphatic carbocycles. The molecule has 0 radical (unpaired) electrons. The standard InChI is InChI=1S/C16H15N3O/c1-11-6-7-13(8-12(11)2)10-18-16(20)15-5-3-4-14(9-17)19-15/h3-8H,10H2,1-2H3,(H,18,20). The number of aryl methyl sites for hydroxylation is 2. The minimum Gasteiger partial charge on any atom is -0.347 e. The average molecular weight is 265 g/mol. The van der Waals surface area contributed by atoms with Crippen LogP contribution in [-0.4, -0.2) is 10.9 Å². The summed E-state index contributed by atoms with van der Waals surface area (Å²) in [6.45, 7) is 4.53. The molecule has 0 aliphatic rings. The molecule has 1 aromatic heterocycles. The minimum atomic E-state index is -0.277. The van der Waals surface area contributed by atoms with Gasteiger partial charge in [-0.2, -0.15) is 5.26 Å². The fraction of sp³-hybridized carbons (Fsp3) is 0.188. The van der Waals surface area contributed by atoms with Gasteiger partial charge in [-0.05, 0) is 42.7 Å². The second-order valence-corrected chi connectivity index (χ2v) is 4.62. The first-order valence-electron chi connectivity index (χ1n) is 6.31. The highest BCUT2D eigenvalue weighted by Crippen LogP contribution is 2.09. The van der Waals surface area contributed by atoms with Crippen molar-refractivity contribution >= 4 is 5.91 Å². The monoisotopic (exact) mass is 265 g/mol. The SMILES string of the molecule is Cc1ccc(CNC(=O)c2cccc(C#N)n2)cc1C. The molecule has 0 aliphatic heterocycles. The summed E-state index contributed by atoms with van der Waals surface area (Å²) in [6, 6.07) is 12.8. The van der Waals surface area contributed by atoms with E-state index in [0.717, 1.165) is 5.56 Å². The Morgan fingerprint density at radius 1 is 1.25 bits per heavy atom. The Morgan fingerprint density at radius 2 is 2.05 bits per heavy atom. The predicted molar refractivity (Wildman–Crippen MR) is 76.0 cm³/mol. The lowest BCUT2D eigenvalue weighted by atomic mass is 10.1. The maximum atomic E-state index is 12.0. The van der Waals surface area contributed by atoms with Crippen molar-refractivity contribution in [2.75, 3.05) is 0 Å². The Morgan fingerprint density at radius 3 is 2.75 bits per heavy atom. The Bertz CT molecular complexity index is 686. The zero-order valence-electron chi connectivity index (χ0n) is 11.5. The molecule has 2 rings (SSSR count). The number of nitrogens with one attached hydrogen (secondary N) is 1. The van der Waals surface area contributed by atoms with E-state index in [1.165, 1.54) is 11.1 Å². The first-order valence-corrected chi connectivity index (χ1v) is 6.31. The molecular formula is C16H15N3O. The lowest BCUT2D eigenvalue weighted by Gasteiger charge is -2.07. The van der Waals surface area contributed by atoms with E-state index in [1.807, 2.05) is 25.1 Å². The van der Waals surface area contributed by atoms with E-state index in [4.69, 9.17) is 5.26 Å². The highest BCUT2D eigenvalue weighted by Gasteiger charge is 2.07. The van der Waals surface area contributed by atoms with Crippen LogP contribution in [-0.2, 0) is 6.54 Å². The highest BCUT2D eigenvalue weighted by atomic mass is 16.1. The normalized spacial score (nSPS) is 9.85. The molecule has 1 N–H and O–H groups in total. The fourth-order valence-electron chi connectivity index (χ4n) is 1.81. The molecule has 1 heterocycles. The van der Waals surface area contributed by atoms with Gasteiger partial charge in [0.25, 0.3) is 5.91 Å². The van der Waals surface area contributed by atoms with E-state index < -0.39 is 0 Å². The van der Waals surface area contributed by atoms with Crippen molar-refractivity contribution in [3.8, 4) is 6.07 Å². The van der Waals surface area contributed by atoms with Gasteiger partial charge in [-0.15, -0.1) is 0 Å². The van der Waals surface area contributed by atoms with Crippen molar-refractivity contribution in [3.63, 3.8) is 0 Å². The lowest BCUT2D eigenvalue weighted by Crippen LogP contribution is -2.24. The Labute approximate surface area is 118 Å². The molecule has 4 nitrogen and oxygen atoms in total. The van der Waals surface area contributed by atoms with Crippen LogP contribution in [0.4, 0.5) is 0 Å². The van der Waals surface area contributed by atoms with Crippen LogP contribution in [0.3, 0.4) is 0 Å². The van der Waals surface area contributed by atoms with Gasteiger partial charge in [0.05, 0.1) is 0 Å². The molecule has 2 aromatic rings. The number of nitrogens with zero attached hydrogens (tertiary/aromatic N) is 2. The number of hydrogen-bond donors (Lipinski definition) is 1. The van der Waals surface area contributed by atoms with Gasteiger partial charge in [0, 0.05) is 6.54 Å². The van der Waals surface area contributed by atoms with Crippen molar-refractivity contribution in [2.45, 2.75) is 20.4 Å². The van der Waals surface area contributed by atoms with Crippen molar-refractivity contribution in [3.05, 3.63) is 64.5 Å². The summed E-state index contributed by atoms with van der Waals surface area (Å²) in [5, 5.41) is 11.6. The molecule has 0 spiro atoms. The quantitative estimate of drug-likeness (QED) is 0.927. The first kappa shape index (κ1) is 13.8. The van der Waals surface area contributed by atoms with E-state index >= 15 is 0 Å². The van der Waals surface area contributed by atoms with Crippen LogP contribution in [0, 0.1) is 25.2 Å². The molecule has 0 saturated heterocycles. The number of hydrogen-bond acceptors (Lipinski definition) is 3. The van der Waals surface area contributed by atoms with Gasteiger partial charge in [0.2, 0.25) is 0 Å². The van der Waals surface area contributed by atoms with Gasteiger partial charge in [-0.25, -0.2) is 4.98 Å². The second kappa shape index (κ2) is 5.98. The molecule has 0 fully saturated rings. The zero-order chi connectivity index (χ0) is 14.5. The molecule has 0 saturated carbocycles. The fourth-order valence-corrected chi connectivity index (χ4v) is 1.81. The van der Waals surface area contributed by atoms with Crippen LogP contribution >= 0.6 is 0 Å². The number of aromatic nitrogens is 1. The molecule has 20 heavy (non-hydrogen) atoms. The Hall–Kier alpha value is -2.67. The van der Waals surface area contributed by atoms with E-state index in [1.54, 1.807) is 18.2 Å². The maximum Gasteiger partial charge on any atom is 0.270 e. The number of benzene rings is 1. The average Bonchev–Trinajstić information content (AvgIpc) is 2.48. The first-order chi connectivity index (χ1) is 9.60. The smallest absolute Gasteiger partial charge is 0.270 e. The van der Waals surface area contributed by atoms with Gasteiger partial charge in [0.1, 0.15) is 17.5 Å². The van der Waals surface area contributed by atoms with Gasteiger partial charge < -0.3 is 5.32 Å². The summed E-state index contributed by atoms with van der Waals surface area (Å²) >= 11 is 0. The van der Waals surface area contributed by atoms with E-state index in [2.05, 4.69) is 23.3 Å². The van der Waals surface area contributed by atoms with Crippen LogP contribution in [0.1, 0.15) is 32.9 Å². The summed E-state index contributed by atoms with van der Waals surface area (Å²) in [5.41, 5.74) is 3.96. The van der Waals surface area contributed by atoms with Crippen LogP contribution in [0.15, 0.2) is 36.4 Å². The van der Waals surface area contributed by atoms with E-state index in [0.29, 0.717) is 6.54 Å². The van der Waals surface area contributed by atoms with Crippen LogP contribution in [0.2, 0.25) is 0 Å². The third kappa shape index (κ3) is 3.21. The summed E-state index contributed by atoms with van der Waals surface area (Å²) in [5.74, 6) is -0.277. The largest absolute Gasteiger partial charge is 0.347 e. The number of carbonyl (C=O) groups excluding carboxylic acids is 1. The zero-order valence-corrected chi connectivity index (χ0v) is 11.5. The van der Waals surface area contributed by atoms with E-state index in [9.17, 15) is 4.79 Å². The lowest BCUT2D eigenvalue weighted by molar-refractivity contribution is 0.0946. The molecule has 1 amide bonds. The second-order valence-electron chi connectivity index (χ2n) is 4.62. The minimum absolute atomic E-state index is 0.240. The van der Waals surface area contributed by atoms with Crippen molar-refractivity contribution < 1.29 is 4.79 Å². The van der Waals surface area contributed by atoms with Crippen molar-refractivity contribution in [1.82, 2.24) is 10.3 Å². The number of nitriles is 1. The summed E-state index contributed by atoms with van der Waals surface area (Å²) < 4.78 is 0. The number of amides is 1. The number of carbonyl (C=O) groups is 1. The maximum absolute atomic E-state index is 12.0. The summed E-state index contributed by atoms with van der Waals surface area (Å²) in [6.07, 6.45) is 0.